The van der Waals surface area contributed by atoms with E-state index in [1.807, 2.05) is 6.07 Å². The minimum Gasteiger partial charge on any atom is -0.198 e. The van der Waals surface area contributed by atoms with Crippen LogP contribution in [-0.4, -0.2) is 11.5 Å². The number of hydrogen-bond donors (Lipinski definition) is 0. The number of hydrogen-bond acceptors (Lipinski definition) is 1. The Kier molecular flexibility index (Phi) is 3.81. The molecule has 0 aromatic rings. The second kappa shape index (κ2) is 3.91. The highest BCUT2D eigenvalue weighted by Crippen LogP contribution is 2.54. The summed E-state index contributed by atoms with van der Waals surface area (Å²) in [4.78, 5) is 0. The van der Waals surface area contributed by atoms with Crippen molar-refractivity contribution in [3.63, 3.8) is 0 Å². The Morgan fingerprint density at radius 3 is 2.18 bits per heavy atom. The normalized spacial score (nSPS) is 18.5. The molecule has 0 aromatic heterocycles. The second-order valence-electron chi connectivity index (χ2n) is 2.83. The van der Waals surface area contributed by atoms with Crippen molar-refractivity contribution in [2.24, 2.45) is 5.92 Å². The Labute approximate surface area is 68.3 Å². The molecule has 0 radical (unpaired) electrons. The maximum atomic E-state index is 12.7. The molecular weight excluding hydrogens is 168 g/mol. The maximum absolute atomic E-state index is 12.7. The van der Waals surface area contributed by atoms with Crippen molar-refractivity contribution in [2.75, 3.05) is 6.26 Å². The van der Waals surface area contributed by atoms with Gasteiger partial charge in [-0.25, -0.2) is 0 Å². The van der Waals surface area contributed by atoms with Gasteiger partial charge in [-0.2, -0.15) is 13.0 Å². The fourth-order valence-corrected chi connectivity index (χ4v) is 1.63. The molecule has 0 aromatic carbocycles. The highest BCUT2D eigenvalue weighted by atomic mass is 32.3. The van der Waals surface area contributed by atoms with Crippen LogP contribution < -0.4 is 0 Å². The molecule has 1 nitrogen and oxygen atoms in total. The van der Waals surface area contributed by atoms with Crippen LogP contribution in [-0.2, 0) is 0 Å². The summed E-state index contributed by atoms with van der Waals surface area (Å²) in [6.45, 7) is 3.20. The molecule has 0 aliphatic carbocycles. The average Bonchev–Trinajstić information content (AvgIpc) is 1.85. The van der Waals surface area contributed by atoms with E-state index in [0.717, 1.165) is 6.26 Å². The highest BCUT2D eigenvalue weighted by Gasteiger charge is 2.29. The van der Waals surface area contributed by atoms with Crippen LogP contribution in [0.4, 0.5) is 7.77 Å². The van der Waals surface area contributed by atoms with Gasteiger partial charge in [-0.15, -0.1) is 0 Å². The maximum Gasteiger partial charge on any atom is 0.0624 e. The summed E-state index contributed by atoms with van der Waals surface area (Å²) in [5.41, 5.74) is 0. The molecule has 0 saturated carbocycles. The summed E-state index contributed by atoms with van der Waals surface area (Å²) in [6, 6.07) is 1.90. The monoisotopic (exact) mass is 181 g/mol. The molecule has 0 aliphatic rings. The average molecular weight is 181 g/mol. The molecule has 0 spiro atoms. The van der Waals surface area contributed by atoms with E-state index in [0.29, 0.717) is 0 Å². The molecule has 0 amide bonds. The van der Waals surface area contributed by atoms with Crippen molar-refractivity contribution in [3.8, 4) is 6.07 Å². The summed E-state index contributed by atoms with van der Waals surface area (Å²) in [5, 5.41) is 7.63. The van der Waals surface area contributed by atoms with Gasteiger partial charge < -0.3 is 0 Å². The summed E-state index contributed by atoms with van der Waals surface area (Å²) in [7, 11) is -3.48. The van der Waals surface area contributed by atoms with Crippen LogP contribution in [0.15, 0.2) is 0 Å². The molecular formula is C7H13F2NS. The number of nitriles is 1. The van der Waals surface area contributed by atoms with Crippen LogP contribution in [0.2, 0.25) is 0 Å². The van der Waals surface area contributed by atoms with Crippen LogP contribution >= 0.6 is 10.8 Å². The van der Waals surface area contributed by atoms with Gasteiger partial charge in [0.05, 0.1) is 16.9 Å². The second-order valence-corrected chi connectivity index (χ2v) is 5.13. The lowest BCUT2D eigenvalue weighted by atomic mass is 10.1. The highest BCUT2D eigenvalue weighted by molar-refractivity contribution is 8.25. The predicted octanol–water partition coefficient (Wildman–Crippen LogP) is 3.13. The van der Waals surface area contributed by atoms with Crippen molar-refractivity contribution in [1.82, 2.24) is 0 Å². The third-order valence-corrected chi connectivity index (χ3v) is 3.64. The van der Waals surface area contributed by atoms with Crippen LogP contribution in [0.3, 0.4) is 0 Å². The minimum atomic E-state index is -3.48. The molecule has 0 bridgehead atoms. The lowest BCUT2D eigenvalue weighted by Gasteiger charge is -2.27. The van der Waals surface area contributed by atoms with E-state index in [2.05, 4.69) is 0 Å². The van der Waals surface area contributed by atoms with E-state index < -0.39 is 16.0 Å². The first-order chi connectivity index (χ1) is 4.89. The molecule has 0 saturated heterocycles. The standard InChI is InChI=1S/C7H13F2NS/c1-6(4-5-10)7(2)11(3,8)9/h6-7H,4H2,1-3H3. The van der Waals surface area contributed by atoms with E-state index in [1.54, 1.807) is 6.92 Å². The van der Waals surface area contributed by atoms with E-state index in [4.69, 9.17) is 5.26 Å². The summed E-state index contributed by atoms with van der Waals surface area (Å²) < 4.78 is 25.3. The van der Waals surface area contributed by atoms with E-state index in [1.165, 1.54) is 6.92 Å². The lowest BCUT2D eigenvalue weighted by molar-refractivity contribution is 0.554. The molecule has 0 heterocycles. The van der Waals surface area contributed by atoms with Gasteiger partial charge in [0, 0.05) is 17.9 Å². The van der Waals surface area contributed by atoms with E-state index >= 15 is 0 Å². The SMILES string of the molecule is CC(CC#N)C(C)S(C)(F)F. The third-order valence-electron chi connectivity index (χ3n) is 1.87. The van der Waals surface area contributed by atoms with Crippen LogP contribution in [0.1, 0.15) is 20.3 Å². The van der Waals surface area contributed by atoms with Gasteiger partial charge in [0.15, 0.2) is 0 Å². The van der Waals surface area contributed by atoms with Crippen LogP contribution in [0.5, 0.6) is 0 Å². The molecule has 0 N–H and O–H groups in total. The molecule has 4 heteroatoms. The first kappa shape index (κ1) is 10.7. The molecule has 2 atom stereocenters. The molecule has 66 valence electrons. The lowest BCUT2D eigenvalue weighted by Crippen LogP contribution is -2.16. The van der Waals surface area contributed by atoms with E-state index in [-0.39, 0.29) is 12.3 Å². The fraction of sp³-hybridized carbons (Fsp3) is 0.857. The van der Waals surface area contributed by atoms with Crippen molar-refractivity contribution >= 4 is 10.8 Å². The van der Waals surface area contributed by atoms with Crippen molar-refractivity contribution < 1.29 is 7.77 Å². The zero-order valence-corrected chi connectivity index (χ0v) is 7.79. The molecule has 0 rings (SSSR count). The zero-order valence-electron chi connectivity index (χ0n) is 6.97. The third kappa shape index (κ3) is 3.57. The minimum absolute atomic E-state index is 0.199. The quantitative estimate of drug-likeness (QED) is 0.656. The zero-order chi connectivity index (χ0) is 9.07. The molecule has 0 fully saturated rings. The first-order valence-corrected chi connectivity index (χ1v) is 5.33. The number of nitrogens with zero attached hydrogens (tertiary/aromatic N) is 1. The number of halogens is 2. The largest absolute Gasteiger partial charge is 0.198 e. The van der Waals surface area contributed by atoms with E-state index in [9.17, 15) is 7.77 Å². The molecule has 2 unspecified atom stereocenters. The first-order valence-electron chi connectivity index (χ1n) is 3.43. The van der Waals surface area contributed by atoms with Gasteiger partial charge >= 0.3 is 0 Å². The molecule has 0 aliphatic heterocycles. The fourth-order valence-electron chi connectivity index (χ4n) is 0.718. The van der Waals surface area contributed by atoms with Crippen molar-refractivity contribution in [2.45, 2.75) is 25.5 Å². The van der Waals surface area contributed by atoms with Crippen molar-refractivity contribution in [1.29, 1.82) is 5.26 Å². The van der Waals surface area contributed by atoms with Gasteiger partial charge in [-0.1, -0.05) is 6.92 Å². The van der Waals surface area contributed by atoms with Crippen LogP contribution in [0.25, 0.3) is 0 Å². The Morgan fingerprint density at radius 2 is 1.91 bits per heavy atom. The van der Waals surface area contributed by atoms with Crippen molar-refractivity contribution in [3.05, 3.63) is 0 Å². The Hall–Kier alpha value is -0.300. The topological polar surface area (TPSA) is 23.8 Å². The van der Waals surface area contributed by atoms with Gasteiger partial charge in [-0.3, -0.25) is 0 Å². The number of rotatable bonds is 3. The molecule has 11 heavy (non-hydrogen) atoms. The van der Waals surface area contributed by atoms with Gasteiger partial charge in [-0.05, 0) is 12.8 Å². The van der Waals surface area contributed by atoms with Gasteiger partial charge in [0.25, 0.3) is 0 Å². The smallest absolute Gasteiger partial charge is 0.0624 e. The van der Waals surface area contributed by atoms with Gasteiger partial charge in [0.2, 0.25) is 0 Å². The Morgan fingerprint density at radius 1 is 1.45 bits per heavy atom. The van der Waals surface area contributed by atoms with Crippen LogP contribution in [0, 0.1) is 17.2 Å². The Bertz CT molecular complexity index is 159. The Balaban J connectivity index is 4.04. The summed E-state index contributed by atoms with van der Waals surface area (Å²) >= 11 is 0. The summed E-state index contributed by atoms with van der Waals surface area (Å²) in [5.74, 6) is -0.199. The van der Waals surface area contributed by atoms with Gasteiger partial charge in [0.1, 0.15) is 0 Å². The summed E-state index contributed by atoms with van der Waals surface area (Å²) in [6.07, 6.45) is 1.20. The predicted molar refractivity (Wildman–Crippen MR) is 44.6 cm³/mol.